The molecule has 1 aromatic carbocycles. The first-order valence-electron chi connectivity index (χ1n) is 6.90. The average Bonchev–Trinajstić information content (AvgIpc) is 2.80. The minimum atomic E-state index is -0.296. The van der Waals surface area contributed by atoms with E-state index in [4.69, 9.17) is 4.74 Å². The van der Waals surface area contributed by atoms with Gasteiger partial charge in [0.15, 0.2) is 11.6 Å². The molecular weight excluding hydrogens is 353 g/mol. The quantitative estimate of drug-likeness (QED) is 0.766. The van der Waals surface area contributed by atoms with Crippen LogP contribution in [-0.2, 0) is 0 Å². The molecule has 0 aliphatic carbocycles. The first-order valence-corrected chi connectivity index (χ1v) is 8.51. The Morgan fingerprint density at radius 1 is 1.43 bits per heavy atom. The molecule has 0 saturated heterocycles. The number of aryl methyl sites for hydroxylation is 1. The molecule has 0 aliphatic heterocycles. The zero-order chi connectivity index (χ0) is 15.4. The van der Waals surface area contributed by atoms with Gasteiger partial charge in [0.25, 0.3) is 0 Å². The topological polar surface area (TPSA) is 21.3 Å². The lowest BCUT2D eigenvalue weighted by Crippen LogP contribution is -2.23. The Morgan fingerprint density at radius 3 is 2.76 bits per heavy atom. The molecule has 2 rings (SSSR count). The summed E-state index contributed by atoms with van der Waals surface area (Å²) in [7, 11) is 1.49. The average molecular weight is 372 g/mol. The highest BCUT2D eigenvalue weighted by atomic mass is 79.9. The summed E-state index contributed by atoms with van der Waals surface area (Å²) in [6.07, 6.45) is 0.994. The fraction of sp³-hybridized carbons (Fsp3) is 0.375. The summed E-state index contributed by atoms with van der Waals surface area (Å²) in [4.78, 5) is 1.10. The van der Waals surface area contributed by atoms with Gasteiger partial charge in [-0.2, -0.15) is 0 Å². The van der Waals surface area contributed by atoms with Crippen molar-refractivity contribution in [2.75, 3.05) is 13.7 Å². The number of halogens is 2. The van der Waals surface area contributed by atoms with Crippen LogP contribution in [0.25, 0.3) is 0 Å². The first-order chi connectivity index (χ1) is 10.1. The van der Waals surface area contributed by atoms with E-state index < -0.39 is 0 Å². The van der Waals surface area contributed by atoms with E-state index in [-0.39, 0.29) is 17.6 Å². The molecule has 0 aliphatic rings. The van der Waals surface area contributed by atoms with Gasteiger partial charge in [-0.25, -0.2) is 4.39 Å². The fourth-order valence-electron chi connectivity index (χ4n) is 2.19. The number of thiophene rings is 1. The highest BCUT2D eigenvalue weighted by Gasteiger charge is 2.22. The number of benzene rings is 1. The van der Waals surface area contributed by atoms with Crippen LogP contribution < -0.4 is 10.1 Å². The Hall–Kier alpha value is -0.910. The lowest BCUT2D eigenvalue weighted by atomic mass is 10.0. The monoisotopic (exact) mass is 371 g/mol. The highest BCUT2D eigenvalue weighted by Crippen LogP contribution is 2.36. The van der Waals surface area contributed by atoms with Crippen molar-refractivity contribution in [2.45, 2.75) is 26.3 Å². The molecule has 0 radical (unpaired) electrons. The molecule has 2 nitrogen and oxygen atoms in total. The summed E-state index contributed by atoms with van der Waals surface area (Å²) < 4.78 is 20.8. The molecule has 21 heavy (non-hydrogen) atoms. The second kappa shape index (κ2) is 7.38. The van der Waals surface area contributed by atoms with Gasteiger partial charge in [0, 0.05) is 10.4 Å². The number of hydrogen-bond donors (Lipinski definition) is 1. The van der Waals surface area contributed by atoms with Crippen molar-refractivity contribution in [1.82, 2.24) is 5.32 Å². The van der Waals surface area contributed by atoms with Crippen molar-refractivity contribution in [3.05, 3.63) is 49.9 Å². The molecule has 1 N–H and O–H groups in total. The van der Waals surface area contributed by atoms with E-state index >= 15 is 0 Å². The van der Waals surface area contributed by atoms with Gasteiger partial charge < -0.3 is 10.1 Å². The minimum absolute atomic E-state index is 0.157. The van der Waals surface area contributed by atoms with Gasteiger partial charge in [-0.3, -0.25) is 0 Å². The van der Waals surface area contributed by atoms with Gasteiger partial charge in [0.05, 0.1) is 16.9 Å². The SMILES string of the molecule is CCCNC(c1cc(C)c(Br)s1)c1cccc(OC)c1F. The van der Waals surface area contributed by atoms with Crippen LogP contribution in [-0.4, -0.2) is 13.7 Å². The zero-order valence-corrected chi connectivity index (χ0v) is 14.8. The number of ether oxygens (including phenoxy) is 1. The second-order valence-electron chi connectivity index (χ2n) is 4.86. The van der Waals surface area contributed by atoms with Crippen molar-refractivity contribution < 1.29 is 9.13 Å². The number of methoxy groups -OCH3 is 1. The standard InChI is InChI=1S/C16H19BrFNOS/c1-4-8-19-15(13-9-10(2)16(17)21-13)11-6-5-7-12(20-3)14(11)18/h5-7,9,15,19H,4,8H2,1-3H3. The van der Waals surface area contributed by atoms with Crippen molar-refractivity contribution in [3.8, 4) is 5.75 Å². The van der Waals surface area contributed by atoms with Crippen molar-refractivity contribution in [3.63, 3.8) is 0 Å². The molecule has 1 heterocycles. The largest absolute Gasteiger partial charge is 0.494 e. The number of rotatable bonds is 6. The van der Waals surface area contributed by atoms with Crippen molar-refractivity contribution in [1.29, 1.82) is 0 Å². The van der Waals surface area contributed by atoms with Crippen LogP contribution in [0.1, 0.15) is 35.4 Å². The number of nitrogens with one attached hydrogen (secondary N) is 1. The molecule has 0 fully saturated rings. The van der Waals surface area contributed by atoms with Crippen LogP contribution in [0.3, 0.4) is 0 Å². The predicted molar refractivity (Wildman–Crippen MR) is 89.8 cm³/mol. The molecule has 1 unspecified atom stereocenters. The van der Waals surface area contributed by atoms with Crippen molar-refractivity contribution in [2.24, 2.45) is 0 Å². The Labute approximate surface area is 137 Å². The third-order valence-electron chi connectivity index (χ3n) is 3.28. The molecule has 2 aromatic rings. The molecule has 1 aromatic heterocycles. The van der Waals surface area contributed by atoms with E-state index in [1.807, 2.05) is 19.1 Å². The molecule has 0 amide bonds. The highest BCUT2D eigenvalue weighted by molar-refractivity contribution is 9.11. The smallest absolute Gasteiger partial charge is 0.170 e. The maximum atomic E-state index is 14.6. The Kier molecular flexibility index (Phi) is 5.79. The summed E-state index contributed by atoms with van der Waals surface area (Å²) in [6.45, 7) is 4.97. The molecule has 0 spiro atoms. The van der Waals surface area contributed by atoms with Gasteiger partial charge in [-0.15, -0.1) is 11.3 Å². The lowest BCUT2D eigenvalue weighted by molar-refractivity contribution is 0.381. The summed E-state index contributed by atoms with van der Waals surface area (Å²) in [5.74, 6) is -0.0149. The maximum Gasteiger partial charge on any atom is 0.170 e. The second-order valence-corrected chi connectivity index (χ2v) is 7.26. The van der Waals surface area contributed by atoms with E-state index in [1.54, 1.807) is 17.4 Å². The fourth-order valence-corrected chi connectivity index (χ4v) is 3.85. The van der Waals surface area contributed by atoms with Crippen LogP contribution in [0.5, 0.6) is 5.75 Å². The Balaban J connectivity index is 2.45. The molecule has 0 bridgehead atoms. The van der Waals surface area contributed by atoms with E-state index in [0.717, 1.165) is 21.6 Å². The van der Waals surface area contributed by atoms with Gasteiger partial charge >= 0.3 is 0 Å². The van der Waals surface area contributed by atoms with Crippen LogP contribution in [0.15, 0.2) is 28.1 Å². The third-order valence-corrected chi connectivity index (χ3v) is 5.48. The Bertz CT molecular complexity index is 595. The summed E-state index contributed by atoms with van der Waals surface area (Å²) >= 11 is 5.18. The van der Waals surface area contributed by atoms with Gasteiger partial charge in [0.1, 0.15) is 0 Å². The van der Waals surface area contributed by atoms with Crippen LogP contribution in [0.2, 0.25) is 0 Å². The zero-order valence-electron chi connectivity index (χ0n) is 12.4. The predicted octanol–water partition coefficient (Wildman–Crippen LogP) is 5.06. The van der Waals surface area contributed by atoms with Crippen molar-refractivity contribution >= 4 is 27.3 Å². The van der Waals surface area contributed by atoms with Gasteiger partial charge in [0.2, 0.25) is 0 Å². The summed E-state index contributed by atoms with van der Waals surface area (Å²) in [5, 5.41) is 3.43. The third kappa shape index (κ3) is 3.65. The molecule has 114 valence electrons. The van der Waals surface area contributed by atoms with E-state index in [0.29, 0.717) is 5.56 Å². The molecular formula is C16H19BrFNOS. The van der Waals surface area contributed by atoms with Gasteiger partial charge in [-0.1, -0.05) is 19.1 Å². The Morgan fingerprint density at radius 2 is 2.19 bits per heavy atom. The van der Waals surface area contributed by atoms with E-state index in [2.05, 4.69) is 34.2 Å². The van der Waals surface area contributed by atoms with Crippen LogP contribution in [0, 0.1) is 12.7 Å². The minimum Gasteiger partial charge on any atom is -0.494 e. The van der Waals surface area contributed by atoms with Gasteiger partial charge in [-0.05, 0) is 53.5 Å². The molecule has 1 atom stereocenters. The number of hydrogen-bond acceptors (Lipinski definition) is 3. The van der Waals surface area contributed by atoms with Crippen LogP contribution >= 0.6 is 27.3 Å². The summed E-state index contributed by atoms with van der Waals surface area (Å²) in [6, 6.07) is 7.23. The first kappa shape index (κ1) is 16.5. The van der Waals surface area contributed by atoms with Crippen LogP contribution in [0.4, 0.5) is 4.39 Å². The van der Waals surface area contributed by atoms with E-state index in [1.165, 1.54) is 12.7 Å². The molecule has 5 heteroatoms. The normalized spacial score (nSPS) is 12.4. The van der Waals surface area contributed by atoms with E-state index in [9.17, 15) is 4.39 Å². The molecule has 0 saturated carbocycles. The maximum absolute atomic E-state index is 14.6. The lowest BCUT2D eigenvalue weighted by Gasteiger charge is -2.19. The summed E-state index contributed by atoms with van der Waals surface area (Å²) in [5.41, 5.74) is 1.79.